The second-order valence-corrected chi connectivity index (χ2v) is 3.31. The summed E-state index contributed by atoms with van der Waals surface area (Å²) in [6.07, 6.45) is 6.86. The van der Waals surface area contributed by atoms with Crippen molar-refractivity contribution in [2.24, 2.45) is 11.7 Å². The molecule has 6 heteroatoms. The van der Waals surface area contributed by atoms with E-state index >= 15 is 0 Å². The zero-order chi connectivity index (χ0) is 10.7. The number of imidazole rings is 1. The summed E-state index contributed by atoms with van der Waals surface area (Å²) in [5.74, 6) is 0.111. The fourth-order valence-electron chi connectivity index (χ4n) is 1.05. The Balaban J connectivity index is 0.000000124. The summed E-state index contributed by atoms with van der Waals surface area (Å²) < 4.78 is 0. The van der Waals surface area contributed by atoms with Crippen molar-refractivity contribution in [1.82, 2.24) is 19.9 Å². The quantitative estimate of drug-likeness (QED) is 0.696. The largest absolute Gasteiger partial charge is 0.369 e. The van der Waals surface area contributed by atoms with E-state index in [-0.39, 0.29) is 11.8 Å². The summed E-state index contributed by atoms with van der Waals surface area (Å²) in [7, 11) is 0. The van der Waals surface area contributed by atoms with Gasteiger partial charge in [-0.15, -0.1) is 0 Å². The minimum Gasteiger partial charge on any atom is -0.369 e. The number of aromatic nitrogens is 4. The van der Waals surface area contributed by atoms with Gasteiger partial charge < -0.3 is 10.7 Å². The van der Waals surface area contributed by atoms with Gasteiger partial charge in [0.2, 0.25) is 5.91 Å². The highest BCUT2D eigenvalue weighted by Gasteiger charge is 2.26. The van der Waals surface area contributed by atoms with E-state index in [2.05, 4.69) is 19.9 Å². The third kappa shape index (κ3) is 2.49. The number of carbonyl (C=O) groups is 1. The van der Waals surface area contributed by atoms with Crippen LogP contribution in [0.4, 0.5) is 0 Å². The van der Waals surface area contributed by atoms with Crippen molar-refractivity contribution in [2.45, 2.75) is 12.8 Å². The second-order valence-electron chi connectivity index (χ2n) is 3.31. The first-order valence-corrected chi connectivity index (χ1v) is 4.67. The van der Waals surface area contributed by atoms with Gasteiger partial charge >= 0.3 is 0 Å². The highest BCUT2D eigenvalue weighted by molar-refractivity contribution is 5.78. The monoisotopic (exact) mass is 205 g/mol. The van der Waals surface area contributed by atoms with Gasteiger partial charge in [-0.05, 0) is 12.8 Å². The predicted octanol–water partition coefficient (Wildman–Crippen LogP) is 0.235. The third-order valence-electron chi connectivity index (χ3n) is 2.05. The molecular weight excluding hydrogens is 194 g/mol. The molecule has 2 heterocycles. The summed E-state index contributed by atoms with van der Waals surface area (Å²) in [6.45, 7) is 0. The van der Waals surface area contributed by atoms with Crippen LogP contribution >= 0.6 is 0 Å². The molecule has 0 unspecified atom stereocenters. The zero-order valence-electron chi connectivity index (χ0n) is 8.05. The van der Waals surface area contributed by atoms with Crippen LogP contribution < -0.4 is 5.73 Å². The Labute approximate surface area is 85.9 Å². The van der Waals surface area contributed by atoms with Gasteiger partial charge in [0.1, 0.15) is 0 Å². The van der Waals surface area contributed by atoms with E-state index in [1.807, 2.05) is 0 Å². The van der Waals surface area contributed by atoms with Crippen LogP contribution in [-0.2, 0) is 4.79 Å². The number of nitrogens with one attached hydrogen (secondary N) is 1. The van der Waals surface area contributed by atoms with Gasteiger partial charge in [0.15, 0.2) is 11.3 Å². The standard InChI is InChI=1S/C5H4N4.C4H7NO/c1-2-7-5-4(6-1)8-3-9-5;5-4(6)3-1-2-3/h1-3H,(H,6,7,8,9);3H,1-2H2,(H2,5,6). The van der Waals surface area contributed by atoms with E-state index in [0.717, 1.165) is 18.5 Å². The third-order valence-corrected chi connectivity index (χ3v) is 2.05. The molecule has 0 aliphatic heterocycles. The molecule has 0 radical (unpaired) electrons. The van der Waals surface area contributed by atoms with Crippen LogP contribution in [0, 0.1) is 5.92 Å². The molecule has 0 atom stereocenters. The molecule has 2 aromatic rings. The highest BCUT2D eigenvalue weighted by atomic mass is 16.1. The summed E-state index contributed by atoms with van der Waals surface area (Å²) in [5, 5.41) is 0. The maximum absolute atomic E-state index is 9.98. The predicted molar refractivity (Wildman–Crippen MR) is 53.6 cm³/mol. The number of carbonyl (C=O) groups excluding carboxylic acids is 1. The van der Waals surface area contributed by atoms with Crippen LogP contribution in [0.1, 0.15) is 12.8 Å². The van der Waals surface area contributed by atoms with Crippen LogP contribution in [0.5, 0.6) is 0 Å². The maximum Gasteiger partial charge on any atom is 0.220 e. The number of nitrogens with two attached hydrogens (primary N) is 1. The average molecular weight is 205 g/mol. The molecule has 0 aromatic carbocycles. The van der Waals surface area contributed by atoms with Crippen molar-refractivity contribution in [3.63, 3.8) is 0 Å². The summed E-state index contributed by atoms with van der Waals surface area (Å²) in [4.78, 5) is 24.6. The van der Waals surface area contributed by atoms with Gasteiger partial charge in [-0.3, -0.25) is 4.79 Å². The number of aromatic amines is 1. The first kappa shape index (κ1) is 9.57. The fraction of sp³-hybridized carbons (Fsp3) is 0.333. The summed E-state index contributed by atoms with van der Waals surface area (Å²) in [6, 6.07) is 0. The lowest BCUT2D eigenvalue weighted by Crippen LogP contribution is -2.11. The lowest BCUT2D eigenvalue weighted by Gasteiger charge is -1.80. The number of primary amides is 1. The molecule has 1 aliphatic carbocycles. The molecule has 0 saturated heterocycles. The van der Waals surface area contributed by atoms with Gasteiger partial charge in [-0.2, -0.15) is 0 Å². The summed E-state index contributed by atoms with van der Waals surface area (Å²) >= 11 is 0. The number of hydrogen-bond donors (Lipinski definition) is 2. The Morgan fingerprint density at radius 2 is 2.07 bits per heavy atom. The summed E-state index contributed by atoms with van der Waals surface area (Å²) in [5.41, 5.74) is 6.26. The molecule has 1 amide bonds. The number of amides is 1. The zero-order valence-corrected chi connectivity index (χ0v) is 8.05. The van der Waals surface area contributed by atoms with Crippen LogP contribution in [0.3, 0.4) is 0 Å². The Kier molecular flexibility index (Phi) is 2.57. The van der Waals surface area contributed by atoms with E-state index in [1.54, 1.807) is 18.7 Å². The SMILES string of the molecule is NC(=O)C1CC1.c1cnc2[nH]cnc2n1. The van der Waals surface area contributed by atoms with E-state index in [9.17, 15) is 4.79 Å². The van der Waals surface area contributed by atoms with E-state index < -0.39 is 0 Å². The molecule has 3 rings (SSSR count). The van der Waals surface area contributed by atoms with Crippen molar-refractivity contribution in [2.75, 3.05) is 0 Å². The molecule has 0 spiro atoms. The molecule has 1 fully saturated rings. The number of H-pyrrole nitrogens is 1. The molecule has 1 aliphatic rings. The van der Waals surface area contributed by atoms with Crippen molar-refractivity contribution in [3.8, 4) is 0 Å². The average Bonchev–Trinajstić information content (AvgIpc) is 2.98. The van der Waals surface area contributed by atoms with Crippen molar-refractivity contribution in [3.05, 3.63) is 18.7 Å². The normalized spacial score (nSPS) is 14.4. The van der Waals surface area contributed by atoms with E-state index in [1.165, 1.54) is 0 Å². The van der Waals surface area contributed by atoms with Crippen LogP contribution in [0.25, 0.3) is 11.3 Å². The van der Waals surface area contributed by atoms with Gasteiger partial charge in [0.05, 0.1) is 6.33 Å². The number of fused-ring (bicyclic) bond motifs is 1. The first-order chi connectivity index (χ1) is 7.27. The van der Waals surface area contributed by atoms with Crippen molar-refractivity contribution in [1.29, 1.82) is 0 Å². The fourth-order valence-corrected chi connectivity index (χ4v) is 1.05. The van der Waals surface area contributed by atoms with Gasteiger partial charge in [-0.1, -0.05) is 0 Å². The Hall–Kier alpha value is -1.98. The Morgan fingerprint density at radius 3 is 2.60 bits per heavy atom. The van der Waals surface area contributed by atoms with E-state index in [0.29, 0.717) is 5.65 Å². The molecule has 78 valence electrons. The maximum atomic E-state index is 9.98. The Morgan fingerprint density at radius 1 is 1.33 bits per heavy atom. The molecular formula is C9H11N5O. The van der Waals surface area contributed by atoms with Gasteiger partial charge in [-0.25, -0.2) is 15.0 Å². The van der Waals surface area contributed by atoms with Crippen LogP contribution in [0.2, 0.25) is 0 Å². The first-order valence-electron chi connectivity index (χ1n) is 4.67. The second kappa shape index (κ2) is 4.04. The number of rotatable bonds is 1. The smallest absolute Gasteiger partial charge is 0.220 e. The topological polar surface area (TPSA) is 97.6 Å². The molecule has 0 bridgehead atoms. The minimum atomic E-state index is -0.130. The Bertz CT molecular complexity index is 432. The van der Waals surface area contributed by atoms with Crippen molar-refractivity contribution >= 4 is 17.2 Å². The molecule has 2 aromatic heterocycles. The minimum absolute atomic E-state index is 0.130. The van der Waals surface area contributed by atoms with Gasteiger partial charge in [0.25, 0.3) is 0 Å². The number of hydrogen-bond acceptors (Lipinski definition) is 4. The molecule has 15 heavy (non-hydrogen) atoms. The van der Waals surface area contributed by atoms with Crippen LogP contribution in [-0.4, -0.2) is 25.8 Å². The van der Waals surface area contributed by atoms with Crippen LogP contribution in [0.15, 0.2) is 18.7 Å². The lowest BCUT2D eigenvalue weighted by atomic mass is 10.4. The van der Waals surface area contributed by atoms with Gasteiger partial charge in [0, 0.05) is 18.3 Å². The molecule has 3 N–H and O–H groups in total. The van der Waals surface area contributed by atoms with Crippen molar-refractivity contribution < 1.29 is 4.79 Å². The highest BCUT2D eigenvalue weighted by Crippen LogP contribution is 2.27. The lowest BCUT2D eigenvalue weighted by molar-refractivity contribution is -0.119. The molecule has 6 nitrogen and oxygen atoms in total. The van der Waals surface area contributed by atoms with E-state index in [4.69, 9.17) is 5.73 Å². The molecule has 1 saturated carbocycles. The number of nitrogens with zero attached hydrogens (tertiary/aromatic N) is 3.